The summed E-state index contributed by atoms with van der Waals surface area (Å²) in [6.07, 6.45) is 3.22. The average Bonchev–Trinajstić information content (AvgIpc) is 3.23. The van der Waals surface area contributed by atoms with E-state index in [0.717, 1.165) is 24.8 Å². The second-order valence-electron chi connectivity index (χ2n) is 6.49. The van der Waals surface area contributed by atoms with Gasteiger partial charge >= 0.3 is 0 Å². The number of nitrogens with zero attached hydrogens (tertiary/aromatic N) is 2. The highest BCUT2D eigenvalue weighted by Gasteiger charge is 2.31. The van der Waals surface area contributed by atoms with Crippen molar-refractivity contribution in [2.75, 3.05) is 6.79 Å². The van der Waals surface area contributed by atoms with Crippen LogP contribution in [0.2, 0.25) is 0 Å². The summed E-state index contributed by atoms with van der Waals surface area (Å²) in [4.78, 5) is 14.7. The van der Waals surface area contributed by atoms with Crippen molar-refractivity contribution in [3.63, 3.8) is 0 Å². The van der Waals surface area contributed by atoms with E-state index in [1.807, 2.05) is 23.1 Å². The Labute approximate surface area is 140 Å². The van der Waals surface area contributed by atoms with Crippen LogP contribution in [0, 0.1) is 0 Å². The lowest BCUT2D eigenvalue weighted by Gasteiger charge is -2.38. The van der Waals surface area contributed by atoms with Crippen LogP contribution in [0.5, 0.6) is 11.5 Å². The van der Waals surface area contributed by atoms with Crippen LogP contribution in [0.1, 0.15) is 43.6 Å². The summed E-state index contributed by atoms with van der Waals surface area (Å²) in [6, 6.07) is 7.70. The molecule has 1 amide bonds. The van der Waals surface area contributed by atoms with Gasteiger partial charge in [-0.3, -0.25) is 4.79 Å². The smallest absolute Gasteiger partial charge is 0.276 e. The number of amides is 1. The number of hydrogen-bond acceptors (Lipinski definition) is 5. The zero-order valence-electron chi connectivity index (χ0n) is 13.8. The number of hydrogen-bond donors (Lipinski definition) is 0. The molecule has 0 radical (unpaired) electrons. The number of aromatic nitrogens is 1. The highest BCUT2D eigenvalue weighted by molar-refractivity contribution is 5.93. The molecule has 2 atom stereocenters. The van der Waals surface area contributed by atoms with Crippen molar-refractivity contribution in [3.05, 3.63) is 30.0 Å². The molecular formula is C18H20N2O4. The Hall–Kier alpha value is -2.50. The van der Waals surface area contributed by atoms with E-state index in [1.165, 1.54) is 0 Å². The minimum atomic E-state index is -0.0644. The third-order valence-electron chi connectivity index (χ3n) is 4.81. The normalized spacial score (nSPS) is 22.7. The second-order valence-corrected chi connectivity index (χ2v) is 6.49. The molecule has 24 heavy (non-hydrogen) atoms. The summed E-state index contributed by atoms with van der Waals surface area (Å²) in [6.45, 7) is 4.41. The SMILES string of the molecule is C[C@@H]1CCC[C@H](C)N1C(=O)c1cc(-c2ccc3c(c2)OCO3)on1. The molecule has 0 aliphatic carbocycles. The fourth-order valence-electron chi connectivity index (χ4n) is 3.52. The summed E-state index contributed by atoms with van der Waals surface area (Å²) in [5.41, 5.74) is 1.16. The standard InChI is InChI=1S/C18H20N2O4/c1-11-4-3-5-12(2)20(11)18(21)14-9-16(24-19-14)13-6-7-15-17(8-13)23-10-22-15/h6-9,11-12H,3-5,10H2,1-2H3/t11-,12+. The molecule has 1 aromatic heterocycles. The van der Waals surface area contributed by atoms with Crippen molar-refractivity contribution in [2.45, 2.75) is 45.2 Å². The summed E-state index contributed by atoms with van der Waals surface area (Å²) in [7, 11) is 0. The first kappa shape index (κ1) is 15.1. The molecule has 2 aliphatic rings. The lowest BCUT2D eigenvalue weighted by Crippen LogP contribution is -2.47. The number of carbonyl (C=O) groups excluding carboxylic acids is 1. The predicted molar refractivity (Wildman–Crippen MR) is 87.0 cm³/mol. The molecule has 0 bridgehead atoms. The number of benzene rings is 1. The van der Waals surface area contributed by atoms with Crippen LogP contribution in [0.25, 0.3) is 11.3 Å². The van der Waals surface area contributed by atoms with Gasteiger partial charge < -0.3 is 18.9 Å². The van der Waals surface area contributed by atoms with Crippen molar-refractivity contribution in [1.29, 1.82) is 0 Å². The van der Waals surface area contributed by atoms with Crippen LogP contribution >= 0.6 is 0 Å². The van der Waals surface area contributed by atoms with Gasteiger partial charge in [0, 0.05) is 23.7 Å². The Balaban J connectivity index is 1.59. The number of carbonyl (C=O) groups is 1. The van der Waals surface area contributed by atoms with E-state index >= 15 is 0 Å². The Morgan fingerprint density at radius 1 is 1.12 bits per heavy atom. The molecule has 1 aromatic carbocycles. The minimum absolute atomic E-state index is 0.0644. The van der Waals surface area contributed by atoms with Crippen molar-refractivity contribution in [1.82, 2.24) is 10.1 Å². The van der Waals surface area contributed by atoms with Gasteiger partial charge in [-0.25, -0.2) is 0 Å². The van der Waals surface area contributed by atoms with Gasteiger partial charge in [-0.1, -0.05) is 5.16 Å². The van der Waals surface area contributed by atoms with E-state index in [4.69, 9.17) is 14.0 Å². The van der Waals surface area contributed by atoms with Crippen LogP contribution in [0.15, 0.2) is 28.8 Å². The summed E-state index contributed by atoms with van der Waals surface area (Å²) >= 11 is 0. The number of rotatable bonds is 2. The molecule has 6 nitrogen and oxygen atoms in total. The van der Waals surface area contributed by atoms with Gasteiger partial charge in [0.2, 0.25) is 6.79 Å². The topological polar surface area (TPSA) is 64.8 Å². The predicted octanol–water partition coefficient (Wildman–Crippen LogP) is 3.47. The highest BCUT2D eigenvalue weighted by Crippen LogP contribution is 2.36. The molecule has 0 spiro atoms. The summed E-state index contributed by atoms with van der Waals surface area (Å²) in [5, 5.41) is 3.99. The number of fused-ring (bicyclic) bond motifs is 1. The van der Waals surface area contributed by atoms with E-state index in [9.17, 15) is 4.79 Å². The zero-order valence-corrected chi connectivity index (χ0v) is 13.8. The Morgan fingerprint density at radius 2 is 1.88 bits per heavy atom. The Morgan fingerprint density at radius 3 is 2.67 bits per heavy atom. The molecule has 2 aliphatic heterocycles. The van der Waals surface area contributed by atoms with Gasteiger partial charge in [-0.15, -0.1) is 0 Å². The number of ether oxygens (including phenoxy) is 2. The lowest BCUT2D eigenvalue weighted by molar-refractivity contribution is 0.0500. The van der Waals surface area contributed by atoms with Crippen molar-refractivity contribution >= 4 is 5.91 Å². The van der Waals surface area contributed by atoms with Crippen LogP contribution in [0.3, 0.4) is 0 Å². The van der Waals surface area contributed by atoms with Gasteiger partial charge in [0.15, 0.2) is 23.0 Å². The fraction of sp³-hybridized carbons (Fsp3) is 0.444. The van der Waals surface area contributed by atoms with Crippen molar-refractivity contribution in [3.8, 4) is 22.8 Å². The van der Waals surface area contributed by atoms with Crippen molar-refractivity contribution < 1.29 is 18.8 Å². The largest absolute Gasteiger partial charge is 0.454 e. The van der Waals surface area contributed by atoms with Gasteiger partial charge in [0.05, 0.1) is 0 Å². The molecule has 3 heterocycles. The molecule has 1 fully saturated rings. The van der Waals surface area contributed by atoms with Crippen LogP contribution < -0.4 is 9.47 Å². The van der Waals surface area contributed by atoms with E-state index in [-0.39, 0.29) is 24.8 Å². The van der Waals surface area contributed by atoms with Gasteiger partial charge in [0.25, 0.3) is 5.91 Å². The van der Waals surface area contributed by atoms with Gasteiger partial charge in [-0.2, -0.15) is 0 Å². The van der Waals surface area contributed by atoms with E-state index in [0.29, 0.717) is 23.0 Å². The molecular weight excluding hydrogens is 308 g/mol. The quantitative estimate of drug-likeness (QED) is 0.844. The zero-order chi connectivity index (χ0) is 16.7. The Bertz CT molecular complexity index is 760. The molecule has 2 aromatic rings. The maximum absolute atomic E-state index is 12.8. The maximum atomic E-state index is 12.8. The number of piperidine rings is 1. The minimum Gasteiger partial charge on any atom is -0.454 e. The highest BCUT2D eigenvalue weighted by atomic mass is 16.7. The molecule has 1 saturated heterocycles. The van der Waals surface area contributed by atoms with Crippen LogP contribution in [-0.4, -0.2) is 34.8 Å². The lowest BCUT2D eigenvalue weighted by atomic mass is 9.97. The molecule has 4 rings (SSSR count). The molecule has 0 N–H and O–H groups in total. The van der Waals surface area contributed by atoms with E-state index < -0.39 is 0 Å². The van der Waals surface area contributed by atoms with Gasteiger partial charge in [-0.05, 0) is 51.3 Å². The van der Waals surface area contributed by atoms with E-state index in [2.05, 4.69) is 19.0 Å². The first-order valence-corrected chi connectivity index (χ1v) is 8.33. The van der Waals surface area contributed by atoms with Gasteiger partial charge in [0.1, 0.15) is 0 Å². The van der Waals surface area contributed by atoms with Crippen LogP contribution in [-0.2, 0) is 0 Å². The monoisotopic (exact) mass is 328 g/mol. The average molecular weight is 328 g/mol. The van der Waals surface area contributed by atoms with Crippen LogP contribution in [0.4, 0.5) is 0 Å². The number of likely N-dealkylation sites (tertiary alicyclic amines) is 1. The first-order chi connectivity index (χ1) is 11.6. The van der Waals surface area contributed by atoms with E-state index in [1.54, 1.807) is 6.07 Å². The summed E-state index contributed by atoms with van der Waals surface area (Å²) in [5.74, 6) is 1.87. The van der Waals surface area contributed by atoms with Crippen molar-refractivity contribution in [2.24, 2.45) is 0 Å². The first-order valence-electron chi connectivity index (χ1n) is 8.33. The molecule has 126 valence electrons. The third kappa shape index (κ3) is 2.52. The molecule has 6 heteroatoms. The fourth-order valence-corrected chi connectivity index (χ4v) is 3.52. The summed E-state index contributed by atoms with van der Waals surface area (Å²) < 4.78 is 16.1. The molecule has 0 unspecified atom stereocenters. The molecule has 0 saturated carbocycles. The Kier molecular flexibility index (Phi) is 3.67. The second kappa shape index (κ2) is 5.85. The maximum Gasteiger partial charge on any atom is 0.276 e. The third-order valence-corrected chi connectivity index (χ3v) is 4.81.